The van der Waals surface area contributed by atoms with Gasteiger partial charge in [0.25, 0.3) is 0 Å². The molecule has 3 N–H and O–H groups in total. The number of ether oxygens (including phenoxy) is 2. The number of primary sulfonamides is 1. The summed E-state index contributed by atoms with van der Waals surface area (Å²) >= 11 is 0. The highest BCUT2D eigenvalue weighted by molar-refractivity contribution is 7.89. The number of sulfonamides is 1. The number of hydrogen-bond acceptors (Lipinski definition) is 7. The second-order valence-corrected chi connectivity index (χ2v) is 7.38. The smallest absolute Gasteiger partial charge is 0.238 e. The van der Waals surface area contributed by atoms with E-state index >= 15 is 0 Å². The van der Waals surface area contributed by atoms with E-state index in [2.05, 4.69) is 15.3 Å². The first-order valence-corrected chi connectivity index (χ1v) is 9.69. The SMILES string of the molecule is COc1cc(OC)c2ncnc(NCCc3ccc(S(N)(=O)=O)cc3)c2c1. The number of methoxy groups -OCH3 is 2. The zero-order valence-corrected chi connectivity index (χ0v) is 15.8. The van der Waals surface area contributed by atoms with Crippen molar-refractivity contribution in [1.82, 2.24) is 9.97 Å². The summed E-state index contributed by atoms with van der Waals surface area (Å²) < 4.78 is 33.3. The van der Waals surface area contributed by atoms with Crippen LogP contribution in [0, 0.1) is 0 Å². The molecule has 0 unspecified atom stereocenters. The number of fused-ring (bicyclic) bond motifs is 1. The lowest BCUT2D eigenvalue weighted by Gasteiger charge is -2.12. The first-order chi connectivity index (χ1) is 12.9. The molecule has 0 radical (unpaired) electrons. The molecule has 9 heteroatoms. The minimum atomic E-state index is -3.68. The Labute approximate surface area is 157 Å². The van der Waals surface area contributed by atoms with Crippen LogP contribution < -0.4 is 19.9 Å². The highest BCUT2D eigenvalue weighted by Gasteiger charge is 2.11. The van der Waals surface area contributed by atoms with Crippen LogP contribution in [0.1, 0.15) is 5.56 Å². The van der Waals surface area contributed by atoms with Crippen molar-refractivity contribution in [2.75, 3.05) is 26.1 Å². The fourth-order valence-corrected chi connectivity index (χ4v) is 3.21. The number of hydrogen-bond donors (Lipinski definition) is 2. The lowest BCUT2D eigenvalue weighted by atomic mass is 10.1. The number of benzene rings is 2. The van der Waals surface area contributed by atoms with Crippen LogP contribution in [0.4, 0.5) is 5.82 Å². The summed E-state index contributed by atoms with van der Waals surface area (Å²) in [6, 6.07) is 10.1. The minimum Gasteiger partial charge on any atom is -0.497 e. The molecule has 27 heavy (non-hydrogen) atoms. The van der Waals surface area contributed by atoms with Gasteiger partial charge >= 0.3 is 0 Å². The highest BCUT2D eigenvalue weighted by Crippen LogP contribution is 2.32. The van der Waals surface area contributed by atoms with Crippen molar-refractivity contribution in [1.29, 1.82) is 0 Å². The fourth-order valence-electron chi connectivity index (χ4n) is 2.70. The first-order valence-electron chi connectivity index (χ1n) is 8.14. The molecule has 8 nitrogen and oxygen atoms in total. The van der Waals surface area contributed by atoms with Crippen molar-refractivity contribution >= 4 is 26.7 Å². The van der Waals surface area contributed by atoms with Gasteiger partial charge in [-0.05, 0) is 30.2 Å². The average Bonchev–Trinajstić information content (AvgIpc) is 2.67. The van der Waals surface area contributed by atoms with Gasteiger partial charge in [-0.1, -0.05) is 12.1 Å². The van der Waals surface area contributed by atoms with Gasteiger partial charge < -0.3 is 14.8 Å². The fraction of sp³-hybridized carbons (Fsp3) is 0.222. The van der Waals surface area contributed by atoms with Crippen LogP contribution in [-0.4, -0.2) is 39.2 Å². The maximum Gasteiger partial charge on any atom is 0.238 e. The molecule has 0 saturated heterocycles. The van der Waals surface area contributed by atoms with Gasteiger partial charge in [0.1, 0.15) is 29.2 Å². The summed E-state index contributed by atoms with van der Waals surface area (Å²) in [4.78, 5) is 8.69. The Hall–Kier alpha value is -2.91. The van der Waals surface area contributed by atoms with Crippen LogP contribution in [0.2, 0.25) is 0 Å². The largest absolute Gasteiger partial charge is 0.497 e. The van der Waals surface area contributed by atoms with Crippen molar-refractivity contribution in [3.05, 3.63) is 48.3 Å². The summed E-state index contributed by atoms with van der Waals surface area (Å²) in [5.74, 6) is 1.92. The molecule has 0 bridgehead atoms. The zero-order chi connectivity index (χ0) is 19.4. The Morgan fingerprint density at radius 3 is 2.44 bits per heavy atom. The van der Waals surface area contributed by atoms with Crippen molar-refractivity contribution in [3.8, 4) is 11.5 Å². The quantitative estimate of drug-likeness (QED) is 0.635. The molecule has 2 aromatic carbocycles. The van der Waals surface area contributed by atoms with Crippen LogP contribution in [0.25, 0.3) is 10.9 Å². The van der Waals surface area contributed by atoms with Gasteiger partial charge in [-0.3, -0.25) is 0 Å². The molecule has 0 aliphatic rings. The normalized spacial score (nSPS) is 11.4. The molecule has 3 rings (SSSR count). The minimum absolute atomic E-state index is 0.0974. The second-order valence-electron chi connectivity index (χ2n) is 5.81. The zero-order valence-electron chi connectivity index (χ0n) is 15.0. The third-order valence-electron chi connectivity index (χ3n) is 4.09. The summed E-state index contributed by atoms with van der Waals surface area (Å²) in [5.41, 5.74) is 1.66. The topological polar surface area (TPSA) is 116 Å². The number of nitrogens with zero attached hydrogens (tertiary/aromatic N) is 2. The Kier molecular flexibility index (Phi) is 5.43. The van der Waals surface area contributed by atoms with Gasteiger partial charge in [-0.2, -0.15) is 0 Å². The van der Waals surface area contributed by atoms with Crippen molar-refractivity contribution in [2.24, 2.45) is 5.14 Å². The van der Waals surface area contributed by atoms with Gasteiger partial charge in [0.2, 0.25) is 10.0 Å². The highest BCUT2D eigenvalue weighted by atomic mass is 32.2. The molecule has 0 aliphatic carbocycles. The van der Waals surface area contributed by atoms with E-state index in [1.165, 1.54) is 18.5 Å². The van der Waals surface area contributed by atoms with Crippen LogP contribution in [0.3, 0.4) is 0 Å². The molecule has 0 saturated carbocycles. The summed E-state index contributed by atoms with van der Waals surface area (Å²) in [6.07, 6.45) is 2.15. The summed E-state index contributed by atoms with van der Waals surface area (Å²) in [5, 5.41) is 9.18. The van der Waals surface area contributed by atoms with Crippen LogP contribution >= 0.6 is 0 Å². The van der Waals surface area contributed by atoms with Crippen LogP contribution in [-0.2, 0) is 16.4 Å². The lowest BCUT2D eigenvalue weighted by molar-refractivity contribution is 0.397. The number of nitrogens with one attached hydrogen (secondary N) is 1. The van der Waals surface area contributed by atoms with Gasteiger partial charge in [0.05, 0.1) is 24.5 Å². The van der Waals surface area contributed by atoms with E-state index < -0.39 is 10.0 Å². The van der Waals surface area contributed by atoms with Gasteiger partial charge in [-0.15, -0.1) is 0 Å². The lowest BCUT2D eigenvalue weighted by Crippen LogP contribution is -2.12. The van der Waals surface area contributed by atoms with E-state index in [1.807, 2.05) is 6.07 Å². The molecule has 0 fully saturated rings. The second kappa shape index (κ2) is 7.77. The van der Waals surface area contributed by atoms with E-state index in [9.17, 15) is 8.42 Å². The molecule has 1 aromatic heterocycles. The molecular formula is C18H20N4O4S. The summed E-state index contributed by atoms with van der Waals surface area (Å²) in [6.45, 7) is 0.598. The predicted octanol–water partition coefficient (Wildman–Crippen LogP) is 1.95. The van der Waals surface area contributed by atoms with Crippen molar-refractivity contribution in [3.63, 3.8) is 0 Å². The third kappa shape index (κ3) is 4.26. The number of anilines is 1. The molecular weight excluding hydrogens is 368 g/mol. The number of nitrogens with two attached hydrogens (primary N) is 1. The predicted molar refractivity (Wildman–Crippen MR) is 103 cm³/mol. The Bertz CT molecular complexity index is 1050. The Morgan fingerprint density at radius 1 is 1.07 bits per heavy atom. The molecule has 0 aliphatic heterocycles. The van der Waals surface area contributed by atoms with E-state index in [0.717, 1.165) is 10.9 Å². The standard InChI is InChI=1S/C18H20N4O4S/c1-25-13-9-15-17(16(10-13)26-2)21-11-22-18(15)20-8-7-12-3-5-14(6-4-12)27(19,23)24/h3-6,9-11H,7-8H2,1-2H3,(H2,19,23,24)(H,20,21,22). The molecule has 0 atom stereocenters. The van der Waals surface area contributed by atoms with Gasteiger partial charge in [0, 0.05) is 12.6 Å². The third-order valence-corrected chi connectivity index (χ3v) is 5.02. The van der Waals surface area contributed by atoms with Crippen molar-refractivity contribution in [2.45, 2.75) is 11.3 Å². The maximum atomic E-state index is 11.3. The van der Waals surface area contributed by atoms with E-state index in [4.69, 9.17) is 14.6 Å². The maximum absolute atomic E-state index is 11.3. The molecule has 1 heterocycles. The molecule has 0 spiro atoms. The van der Waals surface area contributed by atoms with Gasteiger partial charge in [0.15, 0.2) is 0 Å². The van der Waals surface area contributed by atoms with Crippen molar-refractivity contribution < 1.29 is 17.9 Å². The number of rotatable bonds is 7. The van der Waals surface area contributed by atoms with E-state index in [1.54, 1.807) is 32.4 Å². The average molecular weight is 388 g/mol. The monoisotopic (exact) mass is 388 g/mol. The Balaban J connectivity index is 1.77. The summed E-state index contributed by atoms with van der Waals surface area (Å²) in [7, 11) is -0.513. The van der Waals surface area contributed by atoms with E-state index in [0.29, 0.717) is 35.8 Å². The van der Waals surface area contributed by atoms with Crippen LogP contribution in [0.5, 0.6) is 11.5 Å². The van der Waals surface area contributed by atoms with Gasteiger partial charge in [-0.25, -0.2) is 23.5 Å². The van der Waals surface area contributed by atoms with Crippen LogP contribution in [0.15, 0.2) is 47.6 Å². The van der Waals surface area contributed by atoms with E-state index in [-0.39, 0.29) is 4.90 Å². The molecule has 3 aromatic rings. The first kappa shape index (κ1) is 18.9. The molecule has 0 amide bonds. The molecule has 142 valence electrons. The Morgan fingerprint density at radius 2 is 1.81 bits per heavy atom. The number of aromatic nitrogens is 2.